The molecule has 0 heterocycles. The van der Waals surface area contributed by atoms with Crippen LogP contribution in [0.3, 0.4) is 0 Å². The van der Waals surface area contributed by atoms with Gasteiger partial charge in [-0.2, -0.15) is 0 Å². The van der Waals surface area contributed by atoms with E-state index in [-0.39, 0.29) is 23.9 Å². The molecule has 9 N–H and O–H groups in total. The highest BCUT2D eigenvalue weighted by Crippen LogP contribution is 2.22. The van der Waals surface area contributed by atoms with Crippen LogP contribution in [0.5, 0.6) is 11.5 Å². The molecule has 0 saturated heterocycles. The number of nitrogens with two attached hydrogens (primary N) is 1. The number of anilines is 2. The summed E-state index contributed by atoms with van der Waals surface area (Å²) in [7, 11) is 0. The maximum absolute atomic E-state index is 12.3. The summed E-state index contributed by atoms with van der Waals surface area (Å²) in [6.07, 6.45) is 0. The summed E-state index contributed by atoms with van der Waals surface area (Å²) in [6.45, 7) is -1.30. The average molecular weight is 570 g/mol. The molecule has 40 heavy (non-hydrogen) atoms. The normalized spacial score (nSPS) is 10.6. The molecule has 14 heteroatoms. The largest absolute Gasteiger partial charge is 0.457 e. The number of imide groups is 1. The third kappa shape index (κ3) is 9.96. The number of urea groups is 1. The third-order valence-corrected chi connectivity index (χ3v) is 5.00. The molecule has 0 spiro atoms. The van der Waals surface area contributed by atoms with Gasteiger partial charge in [-0.15, -0.1) is 12.4 Å². The first kappa shape index (κ1) is 31.1. The smallest absolute Gasteiger partial charge is 0.319 e. The van der Waals surface area contributed by atoms with Gasteiger partial charge in [0.1, 0.15) is 17.5 Å². The molecular weight excluding hydrogens is 542 g/mol. The highest BCUT2D eigenvalue weighted by atomic mass is 35.5. The monoisotopic (exact) mass is 569 g/mol. The molecule has 3 aromatic carbocycles. The summed E-state index contributed by atoms with van der Waals surface area (Å²) in [6, 6.07) is 19.4. The fraction of sp³-hybridized carbons (Fsp3) is 0.115. The molecule has 0 aliphatic heterocycles. The molecule has 3 rings (SSSR count). The van der Waals surface area contributed by atoms with Gasteiger partial charge in [-0.25, -0.2) is 4.79 Å². The zero-order valence-corrected chi connectivity index (χ0v) is 21.8. The van der Waals surface area contributed by atoms with Crippen molar-refractivity contribution in [2.45, 2.75) is 6.04 Å². The van der Waals surface area contributed by atoms with Crippen molar-refractivity contribution in [3.63, 3.8) is 0 Å². The van der Waals surface area contributed by atoms with Crippen LogP contribution in [0.2, 0.25) is 0 Å². The molecule has 0 aliphatic rings. The third-order valence-electron chi connectivity index (χ3n) is 5.00. The van der Waals surface area contributed by atoms with Crippen LogP contribution in [0.15, 0.2) is 78.9 Å². The maximum Gasteiger partial charge on any atom is 0.319 e. The summed E-state index contributed by atoms with van der Waals surface area (Å²) in [5.74, 6) is -1.41. The van der Waals surface area contributed by atoms with Crippen LogP contribution in [0.4, 0.5) is 16.2 Å². The number of ether oxygens (including phenoxy) is 1. The van der Waals surface area contributed by atoms with Gasteiger partial charge < -0.3 is 36.8 Å². The number of hydrogen-bond acceptors (Lipinski definition) is 7. The number of carbonyl (C=O) groups excluding carboxylic acids is 4. The Balaban J connectivity index is 0.00000560. The van der Waals surface area contributed by atoms with Crippen LogP contribution < -0.4 is 37.1 Å². The Morgan fingerprint density at radius 1 is 0.850 bits per heavy atom. The second-order valence-corrected chi connectivity index (χ2v) is 7.98. The molecule has 0 fully saturated rings. The Hall–Kier alpha value is -5.14. The number of amides is 5. The predicted molar refractivity (Wildman–Crippen MR) is 151 cm³/mol. The van der Waals surface area contributed by atoms with Gasteiger partial charge in [0.2, 0.25) is 11.8 Å². The van der Waals surface area contributed by atoms with Crippen LogP contribution >= 0.6 is 12.4 Å². The zero-order chi connectivity index (χ0) is 28.2. The van der Waals surface area contributed by atoms with E-state index in [9.17, 15) is 24.3 Å². The van der Waals surface area contributed by atoms with Gasteiger partial charge in [-0.3, -0.25) is 25.1 Å². The second-order valence-electron chi connectivity index (χ2n) is 7.98. The van der Waals surface area contributed by atoms with Gasteiger partial charge >= 0.3 is 6.03 Å². The van der Waals surface area contributed by atoms with E-state index in [1.807, 2.05) is 18.2 Å². The molecule has 210 valence electrons. The van der Waals surface area contributed by atoms with E-state index in [0.717, 1.165) is 0 Å². The molecule has 0 unspecified atom stereocenters. The number of hydrogen-bond donors (Lipinski definition) is 8. The highest BCUT2D eigenvalue weighted by Gasteiger charge is 2.21. The maximum atomic E-state index is 12.3. The number of guanidine groups is 1. The molecule has 0 bridgehead atoms. The number of aliphatic hydroxyl groups is 1. The van der Waals surface area contributed by atoms with Crippen LogP contribution in [-0.4, -0.2) is 54.0 Å². The zero-order valence-electron chi connectivity index (χ0n) is 21.0. The lowest BCUT2D eigenvalue weighted by Crippen LogP contribution is -2.52. The van der Waals surface area contributed by atoms with Crippen molar-refractivity contribution >= 4 is 53.5 Å². The number of nitrogens with one attached hydrogen (secondary N) is 6. The summed E-state index contributed by atoms with van der Waals surface area (Å²) in [5, 5.41) is 28.5. The SMILES string of the molecule is Cl.N=C(N)Nc1ccc(C(=O)NC(=O)CNC(=O)[C@H](CO)NC(=O)Nc2ccc(Oc3ccccc3)cc2)cc1. The first-order valence-corrected chi connectivity index (χ1v) is 11.6. The Kier molecular flexibility index (Phi) is 11.9. The number of carbonyl (C=O) groups is 4. The van der Waals surface area contributed by atoms with E-state index in [4.69, 9.17) is 15.9 Å². The summed E-state index contributed by atoms with van der Waals surface area (Å²) < 4.78 is 5.68. The van der Waals surface area contributed by atoms with E-state index in [1.54, 1.807) is 36.4 Å². The Morgan fingerprint density at radius 3 is 2.02 bits per heavy atom. The number of para-hydroxylation sites is 1. The minimum absolute atomic E-state index is 0. The fourth-order valence-electron chi connectivity index (χ4n) is 3.14. The molecule has 0 aromatic heterocycles. The van der Waals surface area contributed by atoms with Crippen molar-refractivity contribution in [1.29, 1.82) is 5.41 Å². The number of halogens is 1. The molecule has 0 radical (unpaired) electrons. The fourth-order valence-corrected chi connectivity index (χ4v) is 3.14. The Morgan fingerprint density at radius 2 is 1.43 bits per heavy atom. The number of rotatable bonds is 10. The van der Waals surface area contributed by atoms with Crippen molar-refractivity contribution < 1.29 is 29.0 Å². The Bertz CT molecular complexity index is 1320. The minimum Gasteiger partial charge on any atom is -0.457 e. The van der Waals surface area contributed by atoms with Crippen molar-refractivity contribution in [3.8, 4) is 11.5 Å². The quantitative estimate of drug-likeness (QED) is 0.133. The summed E-state index contributed by atoms with van der Waals surface area (Å²) in [4.78, 5) is 48.9. The first-order valence-electron chi connectivity index (χ1n) is 11.6. The van der Waals surface area contributed by atoms with Gasteiger partial charge in [0.25, 0.3) is 5.91 Å². The topological polar surface area (TPSA) is 208 Å². The molecule has 0 aliphatic carbocycles. The average Bonchev–Trinajstić information content (AvgIpc) is 2.92. The molecular formula is C26H28ClN7O6. The molecule has 1 atom stereocenters. The van der Waals surface area contributed by atoms with E-state index in [0.29, 0.717) is 22.9 Å². The van der Waals surface area contributed by atoms with E-state index in [2.05, 4.69) is 26.6 Å². The lowest BCUT2D eigenvalue weighted by atomic mass is 10.2. The standard InChI is InChI=1S/C26H27N7O6.ClH/c27-25(28)30-17-8-6-16(7-9-17)23(36)33-22(35)14-29-24(37)21(15-34)32-26(38)31-18-10-12-20(13-11-18)39-19-4-2-1-3-5-19;/h1-13,21,34H,14-15H2,(H,29,37)(H4,27,28,30)(H2,31,32,38)(H,33,35,36);1H/t21-;/m0./s1. The van der Waals surface area contributed by atoms with E-state index >= 15 is 0 Å². The van der Waals surface area contributed by atoms with Crippen LogP contribution in [0, 0.1) is 5.41 Å². The summed E-state index contributed by atoms with van der Waals surface area (Å²) >= 11 is 0. The van der Waals surface area contributed by atoms with Gasteiger partial charge in [0.15, 0.2) is 5.96 Å². The van der Waals surface area contributed by atoms with Gasteiger partial charge in [-0.05, 0) is 60.7 Å². The van der Waals surface area contributed by atoms with Gasteiger partial charge in [0, 0.05) is 16.9 Å². The van der Waals surface area contributed by atoms with Crippen LogP contribution in [0.1, 0.15) is 10.4 Å². The van der Waals surface area contributed by atoms with E-state index in [1.165, 1.54) is 24.3 Å². The lowest BCUT2D eigenvalue weighted by Gasteiger charge is -2.16. The molecule has 5 amide bonds. The van der Waals surface area contributed by atoms with Crippen LogP contribution in [0.25, 0.3) is 0 Å². The molecule has 13 nitrogen and oxygen atoms in total. The first-order chi connectivity index (χ1) is 18.7. The molecule has 0 saturated carbocycles. The van der Waals surface area contributed by atoms with Crippen molar-refractivity contribution in [2.75, 3.05) is 23.8 Å². The predicted octanol–water partition coefficient (Wildman–Crippen LogP) is 1.76. The number of benzene rings is 3. The Labute approximate surface area is 235 Å². The van der Waals surface area contributed by atoms with Crippen molar-refractivity contribution in [3.05, 3.63) is 84.4 Å². The minimum atomic E-state index is -1.35. The van der Waals surface area contributed by atoms with E-state index < -0.39 is 42.9 Å². The van der Waals surface area contributed by atoms with Crippen molar-refractivity contribution in [1.82, 2.24) is 16.0 Å². The highest BCUT2D eigenvalue weighted by molar-refractivity contribution is 6.06. The van der Waals surface area contributed by atoms with Crippen LogP contribution in [-0.2, 0) is 9.59 Å². The number of aliphatic hydroxyl groups excluding tert-OH is 1. The molecule has 3 aromatic rings. The second kappa shape index (κ2) is 15.3. The lowest BCUT2D eigenvalue weighted by molar-refractivity contribution is -0.127. The van der Waals surface area contributed by atoms with Gasteiger partial charge in [-0.1, -0.05) is 18.2 Å². The van der Waals surface area contributed by atoms with Crippen molar-refractivity contribution in [2.24, 2.45) is 5.73 Å². The summed E-state index contributed by atoms with van der Waals surface area (Å²) in [5.41, 5.74) is 6.29. The van der Waals surface area contributed by atoms with Gasteiger partial charge in [0.05, 0.1) is 13.2 Å².